The van der Waals surface area contributed by atoms with Gasteiger partial charge in [-0.2, -0.15) is 0 Å². The lowest BCUT2D eigenvalue weighted by molar-refractivity contribution is -0.160. The molecule has 0 unspecified atom stereocenters. The molecule has 0 aliphatic carbocycles. The van der Waals surface area contributed by atoms with Gasteiger partial charge in [0.25, 0.3) is 0 Å². The molecule has 1 atom stereocenters. The first kappa shape index (κ1) is 24.9. The highest BCUT2D eigenvalue weighted by molar-refractivity contribution is 5.82. The normalized spacial score (nSPS) is 12.2. The summed E-state index contributed by atoms with van der Waals surface area (Å²) in [6.07, 6.45) is 1.12. The number of allylic oxidation sites excluding steroid dienone is 1. The Balaban J connectivity index is 2.61. The van der Waals surface area contributed by atoms with Crippen LogP contribution in [0.25, 0.3) is 0 Å². The Morgan fingerprint density at radius 1 is 0.966 bits per heavy atom. The Kier molecular flexibility index (Phi) is 11.3. The molecule has 1 aromatic carbocycles. The van der Waals surface area contributed by atoms with Crippen LogP contribution in [0.5, 0.6) is 0 Å². The molecule has 0 spiro atoms. The number of esters is 2. The molecule has 0 aliphatic heterocycles. The molecule has 0 aliphatic rings. The molecule has 5 nitrogen and oxygen atoms in total. The lowest BCUT2D eigenvalue weighted by Gasteiger charge is -2.24. The van der Waals surface area contributed by atoms with Gasteiger partial charge in [0.2, 0.25) is 0 Å². The Hall–Kier alpha value is -2.14. The molecule has 0 saturated carbocycles. The van der Waals surface area contributed by atoms with Crippen molar-refractivity contribution in [3.05, 3.63) is 47.5 Å². The zero-order chi connectivity index (χ0) is 21.8. The molecule has 1 aromatic rings. The van der Waals surface area contributed by atoms with E-state index < -0.39 is 12.1 Å². The van der Waals surface area contributed by atoms with E-state index in [9.17, 15) is 9.59 Å². The molecule has 0 radical (unpaired) electrons. The average molecular weight is 405 g/mol. The zero-order valence-electron chi connectivity index (χ0n) is 18.6. The van der Waals surface area contributed by atoms with Crippen LogP contribution < -0.4 is 0 Å². The van der Waals surface area contributed by atoms with Crippen LogP contribution in [-0.4, -0.2) is 31.3 Å². The molecule has 0 amide bonds. The van der Waals surface area contributed by atoms with Crippen LogP contribution in [-0.2, 0) is 30.4 Å². The molecule has 0 heterocycles. The summed E-state index contributed by atoms with van der Waals surface area (Å²) >= 11 is 0. The van der Waals surface area contributed by atoms with Gasteiger partial charge < -0.3 is 14.2 Å². The van der Waals surface area contributed by atoms with Gasteiger partial charge in [-0.15, -0.1) is 0 Å². The average Bonchev–Trinajstić information content (AvgIpc) is 2.63. The maximum Gasteiger partial charge on any atom is 0.331 e. The van der Waals surface area contributed by atoms with Crippen molar-refractivity contribution in [3.63, 3.8) is 0 Å². The number of carbonyl (C=O) groups is 2. The quantitative estimate of drug-likeness (QED) is 0.365. The fourth-order valence-electron chi connectivity index (χ4n) is 3.11. The number of benzene rings is 1. The molecule has 162 valence electrons. The van der Waals surface area contributed by atoms with Gasteiger partial charge in [0.05, 0.1) is 13.2 Å². The summed E-state index contributed by atoms with van der Waals surface area (Å²) in [4.78, 5) is 24.3. The van der Waals surface area contributed by atoms with Gasteiger partial charge in [-0.3, -0.25) is 4.79 Å². The molecule has 29 heavy (non-hydrogen) atoms. The number of hydrogen-bond donors (Lipinski definition) is 0. The van der Waals surface area contributed by atoms with Crippen molar-refractivity contribution in [2.24, 2.45) is 17.8 Å². The molecular formula is C24H36O5. The molecule has 0 N–H and O–H groups in total. The van der Waals surface area contributed by atoms with Gasteiger partial charge in [0.15, 0.2) is 6.10 Å². The fourth-order valence-corrected chi connectivity index (χ4v) is 3.11. The Labute approximate surface area is 175 Å². The first-order valence-electron chi connectivity index (χ1n) is 10.3. The van der Waals surface area contributed by atoms with Crippen LogP contribution in [0.3, 0.4) is 0 Å². The minimum absolute atomic E-state index is 0.0150. The standard InChI is InChI=1S/C24H36O5/c1-17(2)12-24(26)29-21(15-27-14-20-10-8-7-9-11-20)16-28-23(25)13-22(18(3)4)19(5)6/h7-12,18-19,21-22H,13-16H2,1-6H3/t21-/m0/s1. The summed E-state index contributed by atoms with van der Waals surface area (Å²) in [7, 11) is 0. The molecule has 0 aromatic heterocycles. The fraction of sp³-hybridized carbons (Fsp3) is 0.583. The van der Waals surface area contributed by atoms with Crippen molar-refractivity contribution in [2.75, 3.05) is 13.2 Å². The van der Waals surface area contributed by atoms with Crippen LogP contribution in [0.1, 0.15) is 53.5 Å². The zero-order valence-corrected chi connectivity index (χ0v) is 18.6. The van der Waals surface area contributed by atoms with E-state index in [1.807, 2.05) is 44.2 Å². The van der Waals surface area contributed by atoms with E-state index in [1.165, 1.54) is 6.08 Å². The first-order valence-corrected chi connectivity index (χ1v) is 10.3. The highest BCUT2D eigenvalue weighted by Gasteiger charge is 2.23. The summed E-state index contributed by atoms with van der Waals surface area (Å²) < 4.78 is 16.5. The smallest absolute Gasteiger partial charge is 0.331 e. The van der Waals surface area contributed by atoms with Crippen LogP contribution >= 0.6 is 0 Å². The van der Waals surface area contributed by atoms with Gasteiger partial charge in [-0.1, -0.05) is 63.6 Å². The molecule has 0 fully saturated rings. The third-order valence-electron chi connectivity index (χ3n) is 4.65. The van der Waals surface area contributed by atoms with E-state index >= 15 is 0 Å². The Morgan fingerprint density at radius 2 is 1.59 bits per heavy atom. The van der Waals surface area contributed by atoms with E-state index in [0.29, 0.717) is 24.9 Å². The molecule has 5 heteroatoms. The second-order valence-electron chi connectivity index (χ2n) is 8.32. The van der Waals surface area contributed by atoms with E-state index in [1.54, 1.807) is 0 Å². The molecule has 0 saturated heterocycles. The van der Waals surface area contributed by atoms with E-state index in [-0.39, 0.29) is 25.1 Å². The van der Waals surface area contributed by atoms with Crippen molar-refractivity contribution in [1.29, 1.82) is 0 Å². The summed E-state index contributed by atoms with van der Waals surface area (Å²) in [6, 6.07) is 9.73. The lowest BCUT2D eigenvalue weighted by atomic mass is 9.83. The Bertz CT molecular complexity index is 636. The summed E-state index contributed by atoms with van der Waals surface area (Å²) in [5.41, 5.74) is 1.86. The second-order valence-corrected chi connectivity index (χ2v) is 8.32. The SMILES string of the molecule is CC(C)=CC(=O)O[C@@H](COCc1ccccc1)COC(=O)CC(C(C)C)C(C)C. The second kappa shape index (κ2) is 13.2. The topological polar surface area (TPSA) is 61.8 Å². The highest BCUT2D eigenvalue weighted by atomic mass is 16.6. The lowest BCUT2D eigenvalue weighted by Crippen LogP contribution is -2.30. The number of carbonyl (C=O) groups excluding carboxylic acids is 2. The monoisotopic (exact) mass is 404 g/mol. The molecule has 0 bridgehead atoms. The van der Waals surface area contributed by atoms with Gasteiger partial charge in [-0.05, 0) is 37.2 Å². The molecular weight excluding hydrogens is 368 g/mol. The Morgan fingerprint density at radius 3 is 2.14 bits per heavy atom. The maximum atomic E-state index is 12.3. The van der Waals surface area contributed by atoms with Gasteiger partial charge >= 0.3 is 11.9 Å². The predicted molar refractivity (Wildman–Crippen MR) is 114 cm³/mol. The van der Waals surface area contributed by atoms with Crippen LogP contribution in [0.4, 0.5) is 0 Å². The van der Waals surface area contributed by atoms with Crippen molar-refractivity contribution in [2.45, 2.75) is 60.7 Å². The van der Waals surface area contributed by atoms with Crippen LogP contribution in [0, 0.1) is 17.8 Å². The van der Waals surface area contributed by atoms with Crippen molar-refractivity contribution >= 4 is 11.9 Å². The minimum atomic E-state index is -0.651. The van der Waals surface area contributed by atoms with E-state index in [4.69, 9.17) is 14.2 Å². The number of ether oxygens (including phenoxy) is 3. The highest BCUT2D eigenvalue weighted by Crippen LogP contribution is 2.24. The summed E-state index contributed by atoms with van der Waals surface area (Å²) in [6.45, 7) is 12.6. The van der Waals surface area contributed by atoms with Gasteiger partial charge in [0.1, 0.15) is 6.61 Å². The predicted octanol–water partition coefficient (Wildman–Crippen LogP) is 4.94. The minimum Gasteiger partial charge on any atom is -0.462 e. The third-order valence-corrected chi connectivity index (χ3v) is 4.65. The third kappa shape index (κ3) is 10.8. The number of hydrogen-bond acceptors (Lipinski definition) is 5. The van der Waals surface area contributed by atoms with Crippen molar-refractivity contribution in [3.8, 4) is 0 Å². The van der Waals surface area contributed by atoms with Crippen molar-refractivity contribution < 1.29 is 23.8 Å². The molecule has 1 rings (SSSR count). The largest absolute Gasteiger partial charge is 0.462 e. The first-order chi connectivity index (χ1) is 13.7. The van der Waals surface area contributed by atoms with E-state index in [0.717, 1.165) is 11.1 Å². The maximum absolute atomic E-state index is 12.3. The van der Waals surface area contributed by atoms with Crippen LogP contribution in [0.2, 0.25) is 0 Å². The van der Waals surface area contributed by atoms with Gasteiger partial charge in [-0.25, -0.2) is 4.79 Å². The van der Waals surface area contributed by atoms with E-state index in [2.05, 4.69) is 27.7 Å². The number of rotatable bonds is 12. The van der Waals surface area contributed by atoms with Crippen LogP contribution in [0.15, 0.2) is 42.0 Å². The van der Waals surface area contributed by atoms with Crippen molar-refractivity contribution in [1.82, 2.24) is 0 Å². The van der Waals surface area contributed by atoms with Gasteiger partial charge in [0, 0.05) is 12.5 Å². The summed E-state index contributed by atoms with van der Waals surface area (Å²) in [5.74, 6) is 0.301. The summed E-state index contributed by atoms with van der Waals surface area (Å²) in [5, 5.41) is 0.